The van der Waals surface area contributed by atoms with Gasteiger partial charge in [0.15, 0.2) is 0 Å². The Morgan fingerprint density at radius 1 is 1.39 bits per heavy atom. The first kappa shape index (κ1) is 22.6. The summed E-state index contributed by atoms with van der Waals surface area (Å²) in [7, 11) is 0. The van der Waals surface area contributed by atoms with Gasteiger partial charge in [0.1, 0.15) is 11.7 Å². The molecule has 0 unspecified atom stereocenters. The van der Waals surface area contributed by atoms with E-state index in [1.165, 1.54) is 0 Å². The Hall–Kier alpha value is -1.63. The van der Waals surface area contributed by atoms with Gasteiger partial charge in [0.05, 0.1) is 42.9 Å². The van der Waals surface area contributed by atoms with Crippen LogP contribution in [0.15, 0.2) is 34.7 Å². The van der Waals surface area contributed by atoms with Gasteiger partial charge in [-0.1, -0.05) is 19.9 Å². The third-order valence-electron chi connectivity index (χ3n) is 8.42. The third-order valence-corrected chi connectivity index (χ3v) is 8.42. The van der Waals surface area contributed by atoms with Gasteiger partial charge in [-0.05, 0) is 64.4 Å². The predicted molar refractivity (Wildman–Crippen MR) is 115 cm³/mol. The fraction of sp³-hybridized carbons (Fsp3) is 0.720. The standard InChI is InChI=1S/C25H36O6/c1-6-15(2)23(27)30-22(24(4)20(26)7-8-21-25(24,5)31-21)11-16(3)18-12-19(29-14-18)17-9-10-28-13-17/h6,9-10,13,16,18-22,26H,7-8,11-12,14H2,1-5H3/b15-6-/t16-,18+,19+,20+,21-,22-,24-,25-/m1/s1. The van der Waals surface area contributed by atoms with Crippen LogP contribution in [0.1, 0.15) is 72.0 Å². The molecule has 31 heavy (non-hydrogen) atoms. The molecule has 1 N–H and O–H groups in total. The summed E-state index contributed by atoms with van der Waals surface area (Å²) in [5.74, 6) is 0.280. The molecule has 1 aromatic rings. The van der Waals surface area contributed by atoms with E-state index in [1.807, 2.05) is 19.9 Å². The Labute approximate surface area is 184 Å². The van der Waals surface area contributed by atoms with Crippen molar-refractivity contribution in [2.75, 3.05) is 6.61 Å². The van der Waals surface area contributed by atoms with Crippen molar-refractivity contribution in [3.63, 3.8) is 0 Å². The highest BCUT2D eigenvalue weighted by atomic mass is 16.6. The van der Waals surface area contributed by atoms with E-state index >= 15 is 0 Å². The van der Waals surface area contributed by atoms with Crippen molar-refractivity contribution in [1.82, 2.24) is 0 Å². The van der Waals surface area contributed by atoms with Gasteiger partial charge in [0.25, 0.3) is 0 Å². The molecule has 1 aromatic heterocycles. The van der Waals surface area contributed by atoms with Crippen LogP contribution in [0.3, 0.4) is 0 Å². The molecule has 1 aliphatic carbocycles. The van der Waals surface area contributed by atoms with Crippen molar-refractivity contribution in [3.05, 3.63) is 35.8 Å². The Balaban J connectivity index is 1.53. The van der Waals surface area contributed by atoms with Crippen LogP contribution in [0.25, 0.3) is 0 Å². The molecule has 6 nitrogen and oxygen atoms in total. The largest absolute Gasteiger partial charge is 0.472 e. The number of rotatable bonds is 7. The lowest BCUT2D eigenvalue weighted by atomic mass is 9.61. The number of aliphatic hydroxyl groups is 1. The average Bonchev–Trinajstić information content (AvgIpc) is 3.16. The normalized spacial score (nSPS) is 39.6. The van der Waals surface area contributed by atoms with Gasteiger partial charge in [-0.15, -0.1) is 0 Å². The molecule has 172 valence electrons. The molecule has 8 atom stereocenters. The molecular weight excluding hydrogens is 396 g/mol. The van der Waals surface area contributed by atoms with Gasteiger partial charge in [0.2, 0.25) is 0 Å². The minimum Gasteiger partial charge on any atom is -0.472 e. The number of aliphatic hydroxyl groups excluding tert-OH is 1. The summed E-state index contributed by atoms with van der Waals surface area (Å²) in [4.78, 5) is 12.8. The van der Waals surface area contributed by atoms with Gasteiger partial charge in [-0.3, -0.25) is 0 Å². The summed E-state index contributed by atoms with van der Waals surface area (Å²) in [6.45, 7) is 10.6. The van der Waals surface area contributed by atoms with Crippen LogP contribution in [0, 0.1) is 17.3 Å². The minimum absolute atomic E-state index is 0.0435. The van der Waals surface area contributed by atoms with E-state index in [1.54, 1.807) is 25.5 Å². The Bertz CT molecular complexity index is 816. The molecule has 0 spiro atoms. The van der Waals surface area contributed by atoms with E-state index in [9.17, 15) is 9.90 Å². The topological polar surface area (TPSA) is 81.4 Å². The maximum atomic E-state index is 12.8. The molecule has 0 bridgehead atoms. The van der Waals surface area contributed by atoms with Gasteiger partial charge >= 0.3 is 5.97 Å². The number of hydrogen-bond acceptors (Lipinski definition) is 6. The first-order valence-corrected chi connectivity index (χ1v) is 11.5. The number of fused-ring (bicyclic) bond motifs is 1. The summed E-state index contributed by atoms with van der Waals surface area (Å²) in [5.41, 5.74) is 0.522. The SMILES string of the molecule is C/C=C(/C)C(=O)O[C@H](C[C@@H](C)[C@@H]1CO[C@H](c2ccoc2)C1)[C@@]1(C)[C@@H](O)CC[C@H]2O[C@]21C. The number of esters is 1. The molecule has 6 heteroatoms. The maximum Gasteiger partial charge on any atom is 0.333 e. The predicted octanol–water partition coefficient (Wildman–Crippen LogP) is 4.58. The molecule has 0 aromatic carbocycles. The molecule has 0 amide bonds. The number of ether oxygens (including phenoxy) is 3. The van der Waals surface area contributed by atoms with Gasteiger partial charge in [0, 0.05) is 11.1 Å². The monoisotopic (exact) mass is 432 g/mol. The Kier molecular flexibility index (Phi) is 6.10. The third kappa shape index (κ3) is 3.87. The second-order valence-corrected chi connectivity index (χ2v) is 10.0. The molecule has 2 aliphatic heterocycles. The summed E-state index contributed by atoms with van der Waals surface area (Å²) in [6.07, 6.45) is 7.41. The quantitative estimate of drug-likeness (QED) is 0.386. The number of carbonyl (C=O) groups is 1. The lowest BCUT2D eigenvalue weighted by Gasteiger charge is -2.47. The lowest BCUT2D eigenvalue weighted by Crippen LogP contribution is -2.57. The number of hydrogen-bond donors (Lipinski definition) is 1. The highest BCUT2D eigenvalue weighted by Crippen LogP contribution is 2.61. The zero-order valence-electron chi connectivity index (χ0n) is 19.3. The minimum atomic E-state index is -0.655. The molecule has 1 saturated carbocycles. The summed E-state index contributed by atoms with van der Waals surface area (Å²) in [6, 6.07) is 1.95. The van der Waals surface area contributed by atoms with Crippen molar-refractivity contribution in [3.8, 4) is 0 Å². The first-order chi connectivity index (χ1) is 14.7. The van der Waals surface area contributed by atoms with Crippen molar-refractivity contribution >= 4 is 5.97 Å². The van der Waals surface area contributed by atoms with Crippen molar-refractivity contribution in [1.29, 1.82) is 0 Å². The highest BCUT2D eigenvalue weighted by Gasteiger charge is 2.71. The van der Waals surface area contributed by atoms with Crippen LogP contribution in [-0.4, -0.2) is 41.6 Å². The molecule has 0 radical (unpaired) electrons. The van der Waals surface area contributed by atoms with E-state index in [2.05, 4.69) is 13.8 Å². The summed E-state index contributed by atoms with van der Waals surface area (Å²) >= 11 is 0. The van der Waals surface area contributed by atoms with Crippen LogP contribution in [-0.2, 0) is 19.0 Å². The number of epoxide rings is 1. The summed E-state index contributed by atoms with van der Waals surface area (Å²) < 4.78 is 23.4. The fourth-order valence-corrected chi connectivity index (χ4v) is 5.57. The van der Waals surface area contributed by atoms with Crippen LogP contribution >= 0.6 is 0 Å². The molecule has 3 aliphatic rings. The van der Waals surface area contributed by atoms with E-state index in [-0.39, 0.29) is 24.1 Å². The number of allylic oxidation sites excluding steroid dienone is 1. The number of carbonyl (C=O) groups excluding carboxylic acids is 1. The molecule has 3 heterocycles. The van der Waals surface area contributed by atoms with Crippen molar-refractivity contribution < 1.29 is 28.5 Å². The highest BCUT2D eigenvalue weighted by molar-refractivity contribution is 5.87. The number of furan rings is 1. The molecule has 3 fully saturated rings. The van der Waals surface area contributed by atoms with E-state index < -0.39 is 23.2 Å². The van der Waals surface area contributed by atoms with Gasteiger partial charge < -0.3 is 23.7 Å². The smallest absolute Gasteiger partial charge is 0.333 e. The first-order valence-electron chi connectivity index (χ1n) is 11.5. The van der Waals surface area contributed by atoms with Crippen LogP contribution in [0.2, 0.25) is 0 Å². The van der Waals surface area contributed by atoms with Crippen molar-refractivity contribution in [2.24, 2.45) is 17.3 Å². The lowest BCUT2D eigenvalue weighted by molar-refractivity contribution is -0.170. The maximum absolute atomic E-state index is 12.8. The van der Waals surface area contributed by atoms with E-state index in [4.69, 9.17) is 18.6 Å². The second-order valence-electron chi connectivity index (χ2n) is 10.0. The van der Waals surface area contributed by atoms with Crippen molar-refractivity contribution in [2.45, 2.75) is 90.3 Å². The van der Waals surface area contributed by atoms with Crippen LogP contribution < -0.4 is 0 Å². The van der Waals surface area contributed by atoms with Crippen LogP contribution in [0.4, 0.5) is 0 Å². The van der Waals surface area contributed by atoms with Gasteiger partial charge in [-0.2, -0.15) is 0 Å². The Morgan fingerprint density at radius 2 is 2.16 bits per heavy atom. The average molecular weight is 433 g/mol. The molecule has 4 rings (SSSR count). The van der Waals surface area contributed by atoms with E-state index in [0.717, 1.165) is 18.4 Å². The summed E-state index contributed by atoms with van der Waals surface area (Å²) in [5, 5.41) is 11.1. The van der Waals surface area contributed by atoms with E-state index in [0.29, 0.717) is 30.9 Å². The molecular formula is C25H36O6. The second kappa shape index (κ2) is 8.38. The fourth-order valence-electron chi connectivity index (χ4n) is 5.57. The zero-order chi connectivity index (χ0) is 22.4. The Morgan fingerprint density at radius 3 is 2.84 bits per heavy atom. The van der Waals surface area contributed by atoms with Crippen LogP contribution in [0.5, 0.6) is 0 Å². The molecule has 2 saturated heterocycles. The zero-order valence-corrected chi connectivity index (χ0v) is 19.3. The van der Waals surface area contributed by atoms with Gasteiger partial charge in [-0.25, -0.2) is 4.79 Å².